The maximum absolute atomic E-state index is 6.28. The van der Waals surface area contributed by atoms with Gasteiger partial charge >= 0.3 is 0 Å². The highest BCUT2D eigenvalue weighted by Crippen LogP contribution is 2.35. The van der Waals surface area contributed by atoms with Crippen LogP contribution in [-0.2, 0) is 0 Å². The molecule has 106 valence electrons. The molecule has 1 heterocycles. The maximum atomic E-state index is 6.28. The van der Waals surface area contributed by atoms with Gasteiger partial charge in [0.2, 0.25) is 0 Å². The van der Waals surface area contributed by atoms with Crippen LogP contribution in [-0.4, -0.2) is 25.2 Å². The van der Waals surface area contributed by atoms with Gasteiger partial charge in [0, 0.05) is 25.2 Å². The number of benzene rings is 1. The van der Waals surface area contributed by atoms with Crippen molar-refractivity contribution in [2.45, 2.75) is 38.8 Å². The van der Waals surface area contributed by atoms with E-state index in [0.29, 0.717) is 27.2 Å². The molecular formula is C14H19Cl3N2. The minimum absolute atomic E-state index is 0.495. The van der Waals surface area contributed by atoms with Gasteiger partial charge in [0.15, 0.2) is 0 Å². The minimum Gasteiger partial charge on any atom is -0.369 e. The largest absolute Gasteiger partial charge is 0.369 e. The summed E-state index contributed by atoms with van der Waals surface area (Å²) in [6.45, 7) is 6.31. The molecule has 0 saturated carbocycles. The second-order valence-corrected chi connectivity index (χ2v) is 6.55. The molecule has 1 aliphatic rings. The molecule has 1 aromatic rings. The third-order valence-corrected chi connectivity index (χ3v) is 4.35. The van der Waals surface area contributed by atoms with E-state index in [1.807, 2.05) is 6.07 Å². The number of piperidine rings is 1. The van der Waals surface area contributed by atoms with Gasteiger partial charge in [-0.05, 0) is 25.0 Å². The minimum atomic E-state index is 0.495. The molecule has 1 atom stereocenters. The van der Waals surface area contributed by atoms with Crippen LogP contribution in [0.15, 0.2) is 12.1 Å². The summed E-state index contributed by atoms with van der Waals surface area (Å²) in [7, 11) is 0. The summed E-state index contributed by atoms with van der Waals surface area (Å²) in [6, 6.07) is 4.58. The SMILES string of the molecule is CC(C)NC1CCCN(c2cc(Cl)c(Cl)cc2Cl)C1. The molecule has 0 radical (unpaired) electrons. The highest BCUT2D eigenvalue weighted by atomic mass is 35.5. The van der Waals surface area contributed by atoms with E-state index in [0.717, 1.165) is 25.2 Å². The maximum Gasteiger partial charge on any atom is 0.0655 e. The first-order chi connectivity index (χ1) is 8.97. The van der Waals surface area contributed by atoms with E-state index in [1.165, 1.54) is 6.42 Å². The summed E-state index contributed by atoms with van der Waals surface area (Å²) in [5.74, 6) is 0. The van der Waals surface area contributed by atoms with Crippen LogP contribution in [0.1, 0.15) is 26.7 Å². The summed E-state index contributed by atoms with van der Waals surface area (Å²) in [6.07, 6.45) is 2.36. The highest BCUT2D eigenvalue weighted by molar-refractivity contribution is 6.44. The van der Waals surface area contributed by atoms with Gasteiger partial charge < -0.3 is 10.2 Å². The zero-order valence-electron chi connectivity index (χ0n) is 11.2. The Bertz CT molecular complexity index is 449. The average molecular weight is 322 g/mol. The van der Waals surface area contributed by atoms with Gasteiger partial charge in [0.05, 0.1) is 20.8 Å². The van der Waals surface area contributed by atoms with Gasteiger partial charge in [0.25, 0.3) is 0 Å². The lowest BCUT2D eigenvalue weighted by Crippen LogP contribution is -2.48. The van der Waals surface area contributed by atoms with Crippen molar-refractivity contribution in [3.8, 4) is 0 Å². The number of nitrogens with zero attached hydrogens (tertiary/aromatic N) is 1. The molecule has 1 unspecified atom stereocenters. The Balaban J connectivity index is 2.15. The van der Waals surface area contributed by atoms with E-state index in [1.54, 1.807) is 6.07 Å². The van der Waals surface area contributed by atoms with Crippen LogP contribution in [0.4, 0.5) is 5.69 Å². The number of rotatable bonds is 3. The van der Waals surface area contributed by atoms with E-state index in [9.17, 15) is 0 Å². The standard InChI is InChI=1S/C14H19Cl3N2/c1-9(2)18-10-4-3-5-19(8-10)14-7-12(16)11(15)6-13(14)17/h6-7,9-10,18H,3-5,8H2,1-2H3. The first-order valence-electron chi connectivity index (χ1n) is 6.63. The molecule has 0 bridgehead atoms. The predicted octanol–water partition coefficient (Wildman–Crippen LogP) is 4.61. The molecule has 0 aliphatic carbocycles. The molecule has 1 aliphatic heterocycles. The fourth-order valence-corrected chi connectivity index (χ4v) is 3.22. The smallest absolute Gasteiger partial charge is 0.0655 e. The Kier molecular flexibility index (Phi) is 5.24. The number of anilines is 1. The molecule has 19 heavy (non-hydrogen) atoms. The first-order valence-corrected chi connectivity index (χ1v) is 7.76. The van der Waals surface area contributed by atoms with Gasteiger partial charge in [0.1, 0.15) is 0 Å². The Morgan fingerprint density at radius 2 is 1.84 bits per heavy atom. The molecule has 0 spiro atoms. The van der Waals surface area contributed by atoms with Gasteiger partial charge in [-0.1, -0.05) is 48.7 Å². The molecule has 5 heteroatoms. The molecule has 0 aromatic heterocycles. The average Bonchev–Trinajstić information content (AvgIpc) is 2.33. The summed E-state index contributed by atoms with van der Waals surface area (Å²) >= 11 is 18.4. The highest BCUT2D eigenvalue weighted by Gasteiger charge is 2.22. The van der Waals surface area contributed by atoms with Crippen LogP contribution in [0.25, 0.3) is 0 Å². The molecule has 1 N–H and O–H groups in total. The van der Waals surface area contributed by atoms with Crippen LogP contribution >= 0.6 is 34.8 Å². The van der Waals surface area contributed by atoms with E-state index in [2.05, 4.69) is 24.1 Å². The zero-order chi connectivity index (χ0) is 14.0. The molecule has 0 amide bonds. The predicted molar refractivity (Wildman–Crippen MR) is 85.0 cm³/mol. The third-order valence-electron chi connectivity index (χ3n) is 3.32. The van der Waals surface area contributed by atoms with Gasteiger partial charge in [-0.3, -0.25) is 0 Å². The number of halogens is 3. The fraction of sp³-hybridized carbons (Fsp3) is 0.571. The second kappa shape index (κ2) is 6.53. The molecule has 1 saturated heterocycles. The number of hydrogen-bond acceptors (Lipinski definition) is 2. The van der Waals surface area contributed by atoms with E-state index < -0.39 is 0 Å². The van der Waals surface area contributed by atoms with Crippen molar-refractivity contribution >= 4 is 40.5 Å². The molecule has 2 nitrogen and oxygen atoms in total. The van der Waals surface area contributed by atoms with E-state index in [-0.39, 0.29) is 0 Å². The van der Waals surface area contributed by atoms with Crippen molar-refractivity contribution in [2.75, 3.05) is 18.0 Å². The molecular weight excluding hydrogens is 303 g/mol. The Morgan fingerprint density at radius 1 is 1.16 bits per heavy atom. The van der Waals surface area contributed by atoms with Crippen LogP contribution in [0.3, 0.4) is 0 Å². The normalized spacial score (nSPS) is 20.1. The quantitative estimate of drug-likeness (QED) is 0.818. The van der Waals surface area contributed by atoms with Gasteiger partial charge in [-0.2, -0.15) is 0 Å². The van der Waals surface area contributed by atoms with Crippen molar-refractivity contribution in [2.24, 2.45) is 0 Å². The Morgan fingerprint density at radius 3 is 2.53 bits per heavy atom. The number of hydrogen-bond donors (Lipinski definition) is 1. The number of nitrogens with one attached hydrogen (secondary N) is 1. The Labute approximate surface area is 130 Å². The third kappa shape index (κ3) is 3.91. The van der Waals surface area contributed by atoms with Gasteiger partial charge in [-0.15, -0.1) is 0 Å². The topological polar surface area (TPSA) is 15.3 Å². The van der Waals surface area contributed by atoms with Crippen LogP contribution in [0.2, 0.25) is 15.1 Å². The first kappa shape index (κ1) is 15.2. The molecule has 1 aromatic carbocycles. The van der Waals surface area contributed by atoms with E-state index in [4.69, 9.17) is 34.8 Å². The van der Waals surface area contributed by atoms with Crippen molar-refractivity contribution in [1.29, 1.82) is 0 Å². The summed E-state index contributed by atoms with van der Waals surface area (Å²) in [5.41, 5.74) is 0.978. The zero-order valence-corrected chi connectivity index (χ0v) is 13.5. The molecule has 2 rings (SSSR count). The van der Waals surface area contributed by atoms with E-state index >= 15 is 0 Å². The van der Waals surface area contributed by atoms with Crippen LogP contribution in [0.5, 0.6) is 0 Å². The summed E-state index contributed by atoms with van der Waals surface area (Å²) < 4.78 is 0. The van der Waals surface area contributed by atoms with Gasteiger partial charge in [-0.25, -0.2) is 0 Å². The fourth-order valence-electron chi connectivity index (χ4n) is 2.56. The van der Waals surface area contributed by atoms with Crippen LogP contribution < -0.4 is 10.2 Å². The second-order valence-electron chi connectivity index (χ2n) is 5.32. The van der Waals surface area contributed by atoms with Crippen molar-refractivity contribution < 1.29 is 0 Å². The summed E-state index contributed by atoms with van der Waals surface area (Å²) in [4.78, 5) is 2.29. The Hall–Kier alpha value is -0.150. The van der Waals surface area contributed by atoms with Crippen molar-refractivity contribution in [3.05, 3.63) is 27.2 Å². The molecule has 1 fully saturated rings. The lowest BCUT2D eigenvalue weighted by Gasteiger charge is -2.36. The monoisotopic (exact) mass is 320 g/mol. The lowest BCUT2D eigenvalue weighted by molar-refractivity contribution is 0.395. The van der Waals surface area contributed by atoms with Crippen LogP contribution in [0, 0.1) is 0 Å². The summed E-state index contributed by atoms with van der Waals surface area (Å²) in [5, 5.41) is 5.31. The van der Waals surface area contributed by atoms with Crippen molar-refractivity contribution in [1.82, 2.24) is 5.32 Å². The van der Waals surface area contributed by atoms with Crippen molar-refractivity contribution in [3.63, 3.8) is 0 Å². The lowest BCUT2D eigenvalue weighted by atomic mass is 10.0.